The molecule has 5 heteroatoms. The van der Waals surface area contributed by atoms with E-state index in [9.17, 15) is 9.59 Å². The molecule has 0 bridgehead atoms. The van der Waals surface area contributed by atoms with Crippen LogP contribution >= 0.6 is 0 Å². The van der Waals surface area contributed by atoms with Crippen molar-refractivity contribution in [2.45, 2.75) is 65.8 Å². The van der Waals surface area contributed by atoms with Gasteiger partial charge in [0.15, 0.2) is 0 Å². The van der Waals surface area contributed by atoms with Crippen LogP contribution in [-0.2, 0) is 4.79 Å². The van der Waals surface area contributed by atoms with Gasteiger partial charge in [-0.25, -0.2) is 4.79 Å². The highest BCUT2D eigenvalue weighted by Crippen LogP contribution is 2.11. The van der Waals surface area contributed by atoms with E-state index in [2.05, 4.69) is 19.2 Å². The smallest absolute Gasteiger partial charge is 0.317 e. The molecule has 1 atom stereocenters. The van der Waals surface area contributed by atoms with Crippen LogP contribution in [0.4, 0.5) is 4.79 Å². The number of aliphatic carboxylic acids is 1. The Morgan fingerprint density at radius 3 is 2.35 bits per heavy atom. The molecule has 0 heterocycles. The first kappa shape index (κ1) is 18.7. The molecule has 0 spiro atoms. The Kier molecular flexibility index (Phi) is 9.86. The maximum atomic E-state index is 12.1. The molecule has 0 saturated carbocycles. The molecular formula is C15H30N2O3. The van der Waals surface area contributed by atoms with Gasteiger partial charge < -0.3 is 15.3 Å². The van der Waals surface area contributed by atoms with Gasteiger partial charge in [-0.2, -0.15) is 0 Å². The average molecular weight is 286 g/mol. The lowest BCUT2D eigenvalue weighted by atomic mass is 9.99. The van der Waals surface area contributed by atoms with Crippen LogP contribution in [0.1, 0.15) is 59.8 Å². The van der Waals surface area contributed by atoms with Crippen molar-refractivity contribution in [2.75, 3.05) is 13.1 Å². The molecule has 2 amide bonds. The number of unbranched alkanes of at least 4 members (excludes halogenated alkanes) is 1. The second kappa shape index (κ2) is 10.5. The number of nitrogens with one attached hydrogen (secondary N) is 1. The van der Waals surface area contributed by atoms with Crippen molar-refractivity contribution in [3.05, 3.63) is 0 Å². The van der Waals surface area contributed by atoms with Gasteiger partial charge in [-0.05, 0) is 26.2 Å². The molecule has 0 rings (SSSR count). The van der Waals surface area contributed by atoms with Crippen LogP contribution in [0.5, 0.6) is 0 Å². The number of nitrogens with zero attached hydrogens (tertiary/aromatic N) is 1. The molecular weight excluding hydrogens is 256 g/mol. The van der Waals surface area contributed by atoms with Crippen LogP contribution in [0.2, 0.25) is 0 Å². The van der Waals surface area contributed by atoms with Crippen molar-refractivity contribution >= 4 is 12.0 Å². The molecule has 118 valence electrons. The number of carbonyl (C=O) groups is 2. The summed E-state index contributed by atoms with van der Waals surface area (Å²) in [7, 11) is 0. The first-order chi connectivity index (χ1) is 9.42. The first-order valence-electron chi connectivity index (χ1n) is 7.68. The highest BCUT2D eigenvalue weighted by atomic mass is 16.4. The molecule has 1 unspecified atom stereocenters. The molecule has 0 aromatic carbocycles. The minimum atomic E-state index is -0.877. The van der Waals surface area contributed by atoms with Gasteiger partial charge in [0.25, 0.3) is 0 Å². The van der Waals surface area contributed by atoms with Crippen LogP contribution < -0.4 is 5.32 Å². The van der Waals surface area contributed by atoms with Gasteiger partial charge in [-0.15, -0.1) is 0 Å². The number of carbonyl (C=O) groups excluding carboxylic acids is 1. The number of hydrogen-bond donors (Lipinski definition) is 2. The maximum Gasteiger partial charge on any atom is 0.317 e. The summed E-state index contributed by atoms with van der Waals surface area (Å²) in [5.41, 5.74) is 0. The summed E-state index contributed by atoms with van der Waals surface area (Å²) in [4.78, 5) is 24.3. The standard InChI is InChI=1S/C15H30N2O3/c1-5-7-8-13(6-2)11-16-15(20)17(12(3)4)10-9-14(18)19/h12-13H,5-11H2,1-4H3,(H,16,20)(H,18,19). The summed E-state index contributed by atoms with van der Waals surface area (Å²) in [5, 5.41) is 11.7. The zero-order chi connectivity index (χ0) is 15.5. The number of amides is 2. The van der Waals surface area contributed by atoms with Crippen molar-refractivity contribution < 1.29 is 14.7 Å². The highest BCUT2D eigenvalue weighted by Gasteiger charge is 2.18. The Bertz CT molecular complexity index is 293. The van der Waals surface area contributed by atoms with Gasteiger partial charge in [0.1, 0.15) is 0 Å². The molecule has 20 heavy (non-hydrogen) atoms. The summed E-state index contributed by atoms with van der Waals surface area (Å²) in [6, 6.07) is -0.152. The Balaban J connectivity index is 4.26. The third-order valence-corrected chi connectivity index (χ3v) is 3.54. The van der Waals surface area contributed by atoms with Crippen LogP contribution in [0.3, 0.4) is 0 Å². The monoisotopic (exact) mass is 286 g/mol. The van der Waals surface area contributed by atoms with Crippen molar-refractivity contribution in [3.8, 4) is 0 Å². The Morgan fingerprint density at radius 1 is 1.25 bits per heavy atom. The molecule has 0 aliphatic heterocycles. The molecule has 2 N–H and O–H groups in total. The molecule has 0 fully saturated rings. The van der Waals surface area contributed by atoms with E-state index in [1.807, 2.05) is 13.8 Å². The Labute approximate surface area is 122 Å². The molecule has 0 aliphatic carbocycles. The molecule has 0 aromatic rings. The van der Waals surface area contributed by atoms with Crippen molar-refractivity contribution in [1.82, 2.24) is 10.2 Å². The number of hydrogen-bond acceptors (Lipinski definition) is 2. The van der Waals surface area contributed by atoms with Gasteiger partial charge in [0, 0.05) is 19.1 Å². The third kappa shape index (κ3) is 8.02. The minimum absolute atomic E-state index is 0.00469. The second-order valence-electron chi connectivity index (χ2n) is 5.53. The topological polar surface area (TPSA) is 69.6 Å². The van der Waals surface area contributed by atoms with Crippen LogP contribution in [0, 0.1) is 5.92 Å². The lowest BCUT2D eigenvalue weighted by Gasteiger charge is -2.27. The predicted octanol–water partition coefficient (Wildman–Crippen LogP) is 3.10. The van der Waals surface area contributed by atoms with E-state index in [0.29, 0.717) is 12.5 Å². The number of carboxylic acids is 1. The molecule has 0 aromatic heterocycles. The number of urea groups is 1. The van der Waals surface area contributed by atoms with E-state index in [4.69, 9.17) is 5.11 Å². The maximum absolute atomic E-state index is 12.1. The fraction of sp³-hybridized carbons (Fsp3) is 0.867. The number of carboxylic acid groups (broad SMARTS) is 1. The van der Waals surface area contributed by atoms with Gasteiger partial charge in [0.05, 0.1) is 6.42 Å². The van der Waals surface area contributed by atoms with Crippen molar-refractivity contribution in [2.24, 2.45) is 5.92 Å². The average Bonchev–Trinajstić information content (AvgIpc) is 2.38. The Morgan fingerprint density at radius 2 is 1.90 bits per heavy atom. The van der Waals surface area contributed by atoms with E-state index in [-0.39, 0.29) is 25.0 Å². The Hall–Kier alpha value is -1.26. The van der Waals surface area contributed by atoms with Crippen molar-refractivity contribution in [1.29, 1.82) is 0 Å². The highest BCUT2D eigenvalue weighted by molar-refractivity contribution is 5.75. The summed E-state index contributed by atoms with van der Waals surface area (Å²) in [6.45, 7) is 9.02. The summed E-state index contributed by atoms with van der Waals surface area (Å²) in [5.74, 6) is -0.370. The van der Waals surface area contributed by atoms with Gasteiger partial charge in [-0.1, -0.05) is 33.1 Å². The largest absolute Gasteiger partial charge is 0.481 e. The zero-order valence-corrected chi connectivity index (χ0v) is 13.3. The predicted molar refractivity (Wildman–Crippen MR) is 80.8 cm³/mol. The summed E-state index contributed by atoms with van der Waals surface area (Å²) < 4.78 is 0. The molecule has 0 saturated heterocycles. The summed E-state index contributed by atoms with van der Waals surface area (Å²) in [6.07, 6.45) is 4.52. The van der Waals surface area contributed by atoms with Crippen LogP contribution in [-0.4, -0.2) is 41.1 Å². The number of rotatable bonds is 10. The van der Waals surface area contributed by atoms with Crippen molar-refractivity contribution in [3.63, 3.8) is 0 Å². The van der Waals surface area contributed by atoms with Crippen LogP contribution in [0.25, 0.3) is 0 Å². The second-order valence-corrected chi connectivity index (χ2v) is 5.53. The van der Waals surface area contributed by atoms with E-state index in [1.165, 1.54) is 12.8 Å². The third-order valence-electron chi connectivity index (χ3n) is 3.54. The minimum Gasteiger partial charge on any atom is -0.481 e. The first-order valence-corrected chi connectivity index (χ1v) is 7.68. The SMILES string of the molecule is CCCCC(CC)CNC(=O)N(CCC(=O)O)C(C)C. The normalized spacial score (nSPS) is 12.2. The zero-order valence-electron chi connectivity index (χ0n) is 13.3. The van der Waals surface area contributed by atoms with Gasteiger partial charge in [-0.3, -0.25) is 4.79 Å². The van der Waals surface area contributed by atoms with E-state index in [0.717, 1.165) is 12.8 Å². The van der Waals surface area contributed by atoms with Crippen LogP contribution in [0.15, 0.2) is 0 Å². The fourth-order valence-electron chi connectivity index (χ4n) is 2.09. The van der Waals surface area contributed by atoms with E-state index < -0.39 is 5.97 Å². The molecule has 0 aliphatic rings. The quantitative estimate of drug-likeness (QED) is 0.648. The van der Waals surface area contributed by atoms with Gasteiger partial charge >= 0.3 is 12.0 Å². The molecule has 0 radical (unpaired) electrons. The summed E-state index contributed by atoms with van der Waals surface area (Å²) >= 11 is 0. The lowest BCUT2D eigenvalue weighted by Crippen LogP contribution is -2.46. The molecule has 5 nitrogen and oxygen atoms in total. The van der Waals surface area contributed by atoms with E-state index in [1.54, 1.807) is 4.90 Å². The van der Waals surface area contributed by atoms with E-state index >= 15 is 0 Å². The van der Waals surface area contributed by atoms with Gasteiger partial charge in [0.2, 0.25) is 0 Å². The lowest BCUT2D eigenvalue weighted by molar-refractivity contribution is -0.137. The fourth-order valence-corrected chi connectivity index (χ4v) is 2.09.